The van der Waals surface area contributed by atoms with Gasteiger partial charge in [0.05, 0.1) is 5.69 Å². The van der Waals surface area contributed by atoms with E-state index in [1.165, 1.54) is 15.6 Å². The maximum absolute atomic E-state index is 12.6. The number of hydrogen-bond donors (Lipinski definition) is 0. The van der Waals surface area contributed by atoms with Crippen LogP contribution in [0.1, 0.15) is 18.4 Å². The molecule has 0 aliphatic carbocycles. The molecule has 4 rings (SSSR count). The van der Waals surface area contributed by atoms with Gasteiger partial charge in [-0.3, -0.25) is 4.90 Å². The lowest BCUT2D eigenvalue weighted by Gasteiger charge is -2.39. The Morgan fingerprint density at radius 2 is 1.96 bits per heavy atom. The molecule has 0 N–H and O–H groups in total. The molecule has 1 fully saturated rings. The van der Waals surface area contributed by atoms with Gasteiger partial charge in [0.1, 0.15) is 10.8 Å². The molecule has 6 nitrogen and oxygen atoms in total. The summed E-state index contributed by atoms with van der Waals surface area (Å²) in [6, 6.07) is 8.63. The summed E-state index contributed by atoms with van der Waals surface area (Å²) in [5.74, 6) is 0. The Labute approximate surface area is 161 Å². The highest BCUT2D eigenvalue weighted by Gasteiger charge is 2.37. The van der Waals surface area contributed by atoms with E-state index >= 15 is 0 Å². The van der Waals surface area contributed by atoms with E-state index in [2.05, 4.69) is 0 Å². The molecule has 2 aliphatic heterocycles. The number of piperidine rings is 1. The Hall–Kier alpha value is -1.61. The zero-order valence-corrected chi connectivity index (χ0v) is 16.2. The summed E-state index contributed by atoms with van der Waals surface area (Å²) >= 11 is 7.25. The number of nitrogens with zero attached hydrogens (tertiary/aromatic N) is 2. The molecule has 3 heterocycles. The van der Waals surface area contributed by atoms with Crippen LogP contribution in [0.15, 0.2) is 39.9 Å². The van der Waals surface area contributed by atoms with Crippen molar-refractivity contribution in [2.45, 2.75) is 29.7 Å². The molecule has 0 saturated carbocycles. The molecule has 138 valence electrons. The van der Waals surface area contributed by atoms with Crippen LogP contribution < -0.4 is 4.90 Å². The smallest absolute Gasteiger partial charge is 0.414 e. The maximum atomic E-state index is 12.6. The average molecular weight is 413 g/mol. The highest BCUT2D eigenvalue weighted by atomic mass is 35.5. The van der Waals surface area contributed by atoms with E-state index in [0.717, 1.165) is 11.3 Å². The molecule has 9 heteroatoms. The van der Waals surface area contributed by atoms with E-state index in [4.69, 9.17) is 16.3 Å². The minimum atomic E-state index is -3.45. The van der Waals surface area contributed by atoms with Gasteiger partial charge >= 0.3 is 6.09 Å². The minimum absolute atomic E-state index is 0.0995. The van der Waals surface area contributed by atoms with Gasteiger partial charge in [-0.2, -0.15) is 4.31 Å². The number of carbonyl (C=O) groups is 1. The van der Waals surface area contributed by atoms with Gasteiger partial charge in [-0.15, -0.1) is 11.3 Å². The second-order valence-corrected chi connectivity index (χ2v) is 9.81. The van der Waals surface area contributed by atoms with Crippen molar-refractivity contribution in [2.75, 3.05) is 18.0 Å². The number of halogens is 1. The van der Waals surface area contributed by atoms with Crippen LogP contribution in [0.2, 0.25) is 5.02 Å². The van der Waals surface area contributed by atoms with Gasteiger partial charge in [-0.05, 0) is 42.5 Å². The molecule has 1 aromatic heterocycles. The number of carbonyl (C=O) groups excluding carboxylic acids is 1. The van der Waals surface area contributed by atoms with Crippen LogP contribution in [-0.4, -0.2) is 37.9 Å². The topological polar surface area (TPSA) is 66.9 Å². The fourth-order valence-corrected chi connectivity index (χ4v) is 6.25. The Kier molecular flexibility index (Phi) is 4.68. The summed E-state index contributed by atoms with van der Waals surface area (Å²) in [7, 11) is -3.45. The third-order valence-corrected chi connectivity index (χ3v) is 8.23. The number of cyclic esters (lactones) is 1. The van der Waals surface area contributed by atoms with Gasteiger partial charge < -0.3 is 4.74 Å². The quantitative estimate of drug-likeness (QED) is 0.770. The second kappa shape index (κ2) is 6.84. The Morgan fingerprint density at radius 1 is 1.19 bits per heavy atom. The largest absolute Gasteiger partial charge is 0.444 e. The molecule has 0 unspecified atom stereocenters. The monoisotopic (exact) mass is 412 g/mol. The number of sulfonamides is 1. The van der Waals surface area contributed by atoms with Crippen molar-refractivity contribution in [3.63, 3.8) is 0 Å². The number of fused-ring (bicyclic) bond motifs is 1. The van der Waals surface area contributed by atoms with Crippen LogP contribution in [0.3, 0.4) is 0 Å². The van der Waals surface area contributed by atoms with Crippen LogP contribution in [0.5, 0.6) is 0 Å². The summed E-state index contributed by atoms with van der Waals surface area (Å²) in [4.78, 5) is 14.0. The van der Waals surface area contributed by atoms with E-state index in [0.29, 0.717) is 35.2 Å². The number of anilines is 1. The zero-order valence-electron chi connectivity index (χ0n) is 13.8. The SMILES string of the molecule is O=C1OCc2cc(Cl)ccc2N1C1CCN(S(=O)(=O)c2cccs2)CC1. The number of ether oxygens (including phenoxy) is 1. The lowest BCUT2D eigenvalue weighted by Crippen LogP contribution is -2.50. The Morgan fingerprint density at radius 3 is 2.65 bits per heavy atom. The molecule has 0 bridgehead atoms. The van der Waals surface area contributed by atoms with Crippen LogP contribution >= 0.6 is 22.9 Å². The van der Waals surface area contributed by atoms with Gasteiger partial charge in [-0.25, -0.2) is 13.2 Å². The van der Waals surface area contributed by atoms with Gasteiger partial charge in [0.25, 0.3) is 10.0 Å². The molecular formula is C17H17ClN2O4S2. The fraction of sp³-hybridized carbons (Fsp3) is 0.353. The summed E-state index contributed by atoms with van der Waals surface area (Å²) < 4.78 is 32.4. The first-order chi connectivity index (χ1) is 12.5. The van der Waals surface area contributed by atoms with Crippen molar-refractivity contribution >= 4 is 44.7 Å². The van der Waals surface area contributed by atoms with Gasteiger partial charge in [0.15, 0.2) is 0 Å². The van der Waals surface area contributed by atoms with Gasteiger partial charge in [-0.1, -0.05) is 17.7 Å². The van der Waals surface area contributed by atoms with Gasteiger partial charge in [0.2, 0.25) is 0 Å². The number of hydrogen-bond acceptors (Lipinski definition) is 5. The second-order valence-electron chi connectivity index (χ2n) is 6.26. The van der Waals surface area contributed by atoms with Crippen molar-refractivity contribution in [1.82, 2.24) is 4.31 Å². The average Bonchev–Trinajstić information content (AvgIpc) is 3.17. The summed E-state index contributed by atoms with van der Waals surface area (Å²) in [6.45, 7) is 0.950. The van der Waals surface area contributed by atoms with Crippen LogP contribution in [0, 0.1) is 0 Å². The summed E-state index contributed by atoms with van der Waals surface area (Å²) in [5.41, 5.74) is 1.66. The fourth-order valence-electron chi connectivity index (χ4n) is 3.44. The van der Waals surface area contributed by atoms with Crippen LogP contribution in [0.4, 0.5) is 10.5 Å². The van der Waals surface area contributed by atoms with Crippen molar-refractivity contribution in [3.05, 3.63) is 46.3 Å². The maximum Gasteiger partial charge on any atom is 0.414 e. The van der Waals surface area contributed by atoms with Crippen molar-refractivity contribution in [3.8, 4) is 0 Å². The van der Waals surface area contributed by atoms with Crippen molar-refractivity contribution in [2.24, 2.45) is 0 Å². The number of rotatable bonds is 3. The highest BCUT2D eigenvalue weighted by molar-refractivity contribution is 7.91. The molecule has 1 aromatic carbocycles. The van der Waals surface area contributed by atoms with E-state index in [9.17, 15) is 13.2 Å². The first kappa shape index (κ1) is 17.8. The molecule has 0 spiro atoms. The first-order valence-electron chi connectivity index (χ1n) is 8.25. The minimum Gasteiger partial charge on any atom is -0.444 e. The van der Waals surface area contributed by atoms with Crippen molar-refractivity contribution < 1.29 is 17.9 Å². The standard InChI is InChI=1S/C17H17ClN2O4S2/c18-13-3-4-15-12(10-13)11-24-17(21)20(15)14-5-7-19(8-6-14)26(22,23)16-2-1-9-25-16/h1-4,9-10,14H,5-8,11H2. The molecule has 0 radical (unpaired) electrons. The first-order valence-corrected chi connectivity index (χ1v) is 10.9. The molecule has 1 saturated heterocycles. The molecule has 2 aromatic rings. The lowest BCUT2D eigenvalue weighted by atomic mass is 10.0. The van der Waals surface area contributed by atoms with E-state index in [1.54, 1.807) is 34.5 Å². The zero-order chi connectivity index (χ0) is 18.3. The van der Waals surface area contributed by atoms with E-state index < -0.39 is 10.0 Å². The summed E-state index contributed by atoms with van der Waals surface area (Å²) in [6.07, 6.45) is 0.725. The predicted octanol–water partition coefficient (Wildman–Crippen LogP) is 3.71. The molecular weight excluding hydrogens is 396 g/mol. The third kappa shape index (κ3) is 3.11. The number of thiophene rings is 1. The van der Waals surface area contributed by atoms with Crippen molar-refractivity contribution in [1.29, 1.82) is 0 Å². The van der Waals surface area contributed by atoms with Crippen LogP contribution in [0.25, 0.3) is 0 Å². The molecule has 0 atom stereocenters. The van der Waals surface area contributed by atoms with E-state index in [-0.39, 0.29) is 18.7 Å². The highest BCUT2D eigenvalue weighted by Crippen LogP contribution is 2.34. The Balaban J connectivity index is 1.53. The summed E-state index contributed by atoms with van der Waals surface area (Å²) in [5, 5.41) is 2.35. The number of benzene rings is 1. The molecule has 2 aliphatic rings. The number of amides is 1. The Bertz CT molecular complexity index is 922. The molecule has 26 heavy (non-hydrogen) atoms. The third-order valence-electron chi connectivity index (χ3n) is 4.73. The lowest BCUT2D eigenvalue weighted by molar-refractivity contribution is 0.136. The predicted molar refractivity (Wildman–Crippen MR) is 100 cm³/mol. The normalized spacial score (nSPS) is 19.3. The van der Waals surface area contributed by atoms with Gasteiger partial charge in [0, 0.05) is 29.7 Å². The van der Waals surface area contributed by atoms with E-state index in [1.807, 2.05) is 6.07 Å². The van der Waals surface area contributed by atoms with Crippen LogP contribution in [-0.2, 0) is 21.4 Å². The molecule has 1 amide bonds.